The predicted molar refractivity (Wildman–Crippen MR) is 95.4 cm³/mol. The minimum absolute atomic E-state index is 0.0867. The molecule has 0 saturated carbocycles. The molecule has 0 fully saturated rings. The number of fused-ring (bicyclic) bond motifs is 3. The Morgan fingerprint density at radius 3 is 2.87 bits per heavy atom. The van der Waals surface area contributed by atoms with Crippen LogP contribution < -0.4 is 5.32 Å². The second kappa shape index (κ2) is 5.68. The first kappa shape index (κ1) is 14.2. The molecule has 2 aromatic heterocycles. The minimum Gasteiger partial charge on any atom is -0.506 e. The molecule has 2 aromatic carbocycles. The van der Waals surface area contributed by atoms with Crippen LogP contribution in [0.15, 0.2) is 48.8 Å². The van der Waals surface area contributed by atoms with Crippen molar-refractivity contribution < 1.29 is 5.11 Å². The first-order chi connectivity index (χ1) is 11.2. The summed E-state index contributed by atoms with van der Waals surface area (Å²) in [7, 11) is 0. The van der Waals surface area contributed by atoms with Crippen molar-refractivity contribution in [1.82, 2.24) is 9.97 Å². The van der Waals surface area contributed by atoms with Crippen LogP contribution in [-0.2, 0) is 6.54 Å². The van der Waals surface area contributed by atoms with Gasteiger partial charge in [0.05, 0.1) is 10.4 Å². The highest BCUT2D eigenvalue weighted by atomic mass is 35.5. The van der Waals surface area contributed by atoms with Crippen molar-refractivity contribution in [2.75, 3.05) is 5.32 Å². The van der Waals surface area contributed by atoms with Crippen LogP contribution >= 0.6 is 22.9 Å². The van der Waals surface area contributed by atoms with Gasteiger partial charge in [0.25, 0.3) is 0 Å². The van der Waals surface area contributed by atoms with E-state index in [9.17, 15) is 5.11 Å². The van der Waals surface area contributed by atoms with E-state index >= 15 is 0 Å². The molecular weight excluding hydrogens is 330 g/mol. The Balaban J connectivity index is 1.72. The van der Waals surface area contributed by atoms with Gasteiger partial charge in [-0.15, -0.1) is 11.3 Å². The number of aromatic nitrogens is 2. The first-order valence-corrected chi connectivity index (χ1v) is 8.25. The zero-order chi connectivity index (χ0) is 15.8. The van der Waals surface area contributed by atoms with Gasteiger partial charge in [0, 0.05) is 16.6 Å². The molecule has 0 unspecified atom stereocenters. The van der Waals surface area contributed by atoms with E-state index in [1.807, 2.05) is 18.2 Å². The highest BCUT2D eigenvalue weighted by Gasteiger charge is 2.11. The van der Waals surface area contributed by atoms with Gasteiger partial charge in [-0.1, -0.05) is 35.9 Å². The molecule has 4 aromatic rings. The van der Waals surface area contributed by atoms with Gasteiger partial charge in [0.2, 0.25) is 0 Å². The van der Waals surface area contributed by atoms with Gasteiger partial charge in [0.15, 0.2) is 0 Å². The van der Waals surface area contributed by atoms with Gasteiger partial charge < -0.3 is 10.4 Å². The highest BCUT2D eigenvalue weighted by Crippen LogP contribution is 2.35. The van der Waals surface area contributed by atoms with Crippen LogP contribution in [0.3, 0.4) is 0 Å². The fourth-order valence-corrected chi connectivity index (χ4v) is 3.78. The summed E-state index contributed by atoms with van der Waals surface area (Å²) < 4.78 is 1.19. The van der Waals surface area contributed by atoms with Gasteiger partial charge in [-0.2, -0.15) is 0 Å². The Morgan fingerprint density at radius 2 is 2.00 bits per heavy atom. The normalized spacial score (nSPS) is 11.2. The minimum atomic E-state index is 0.0867. The Labute approximate surface area is 141 Å². The van der Waals surface area contributed by atoms with E-state index < -0.39 is 0 Å². The molecular formula is C17H12ClN3OS. The number of hydrogen-bond acceptors (Lipinski definition) is 5. The molecule has 0 radical (unpaired) electrons. The van der Waals surface area contributed by atoms with E-state index in [2.05, 4.69) is 27.4 Å². The second-order valence-corrected chi connectivity index (χ2v) is 6.58. The summed E-state index contributed by atoms with van der Waals surface area (Å²) in [5.41, 5.74) is 0.971. The van der Waals surface area contributed by atoms with Crippen molar-refractivity contribution >= 4 is 49.1 Å². The lowest BCUT2D eigenvalue weighted by molar-refractivity contribution is 0.475. The van der Waals surface area contributed by atoms with Crippen LogP contribution in [0.4, 0.5) is 5.82 Å². The molecule has 6 heteroatoms. The number of thiophene rings is 1. The molecule has 2 N–H and O–H groups in total. The summed E-state index contributed by atoms with van der Waals surface area (Å²) >= 11 is 7.61. The summed E-state index contributed by atoms with van der Waals surface area (Å²) in [6.45, 7) is 0.566. The van der Waals surface area contributed by atoms with E-state index in [0.717, 1.165) is 27.0 Å². The molecule has 0 spiro atoms. The van der Waals surface area contributed by atoms with E-state index in [1.54, 1.807) is 29.8 Å². The molecule has 0 atom stereocenters. The maximum absolute atomic E-state index is 9.49. The monoisotopic (exact) mass is 341 g/mol. The number of halogens is 1. The van der Waals surface area contributed by atoms with Crippen molar-refractivity contribution in [2.45, 2.75) is 6.54 Å². The van der Waals surface area contributed by atoms with Crippen molar-refractivity contribution in [3.63, 3.8) is 0 Å². The van der Waals surface area contributed by atoms with Crippen LogP contribution in [-0.4, -0.2) is 15.1 Å². The number of hydrogen-bond donors (Lipinski definition) is 2. The highest BCUT2D eigenvalue weighted by molar-refractivity contribution is 7.25. The molecule has 0 aliphatic rings. The topological polar surface area (TPSA) is 58.0 Å². The zero-order valence-electron chi connectivity index (χ0n) is 12.0. The predicted octanol–water partition coefficient (Wildman–Crippen LogP) is 4.82. The third-order valence-corrected chi connectivity index (χ3v) is 5.03. The van der Waals surface area contributed by atoms with Gasteiger partial charge in [0.1, 0.15) is 22.7 Å². The number of phenols is 1. The van der Waals surface area contributed by atoms with Crippen LogP contribution in [0, 0.1) is 0 Å². The van der Waals surface area contributed by atoms with E-state index in [4.69, 9.17) is 11.6 Å². The number of benzene rings is 2. The maximum atomic E-state index is 9.49. The number of rotatable bonds is 3. The Bertz CT molecular complexity index is 1020. The number of nitrogens with zero attached hydrogens (tertiary/aromatic N) is 2. The SMILES string of the molecule is Oc1ccc(CNc2ncnc3sc4ccccc4c23)cc1Cl. The molecule has 0 aliphatic carbocycles. The van der Waals surface area contributed by atoms with Gasteiger partial charge in [-0.3, -0.25) is 0 Å². The van der Waals surface area contributed by atoms with Gasteiger partial charge in [-0.25, -0.2) is 9.97 Å². The summed E-state index contributed by atoms with van der Waals surface area (Å²) in [5, 5.41) is 15.4. The lowest BCUT2D eigenvalue weighted by Gasteiger charge is -2.08. The smallest absolute Gasteiger partial charge is 0.139 e. The molecule has 23 heavy (non-hydrogen) atoms. The Hall–Kier alpha value is -2.37. The number of anilines is 1. The quantitative estimate of drug-likeness (QED) is 0.561. The summed E-state index contributed by atoms with van der Waals surface area (Å²) in [4.78, 5) is 9.72. The first-order valence-electron chi connectivity index (χ1n) is 7.06. The molecule has 0 saturated heterocycles. The molecule has 2 heterocycles. The van der Waals surface area contributed by atoms with Crippen LogP contribution in [0.2, 0.25) is 5.02 Å². The Morgan fingerprint density at radius 1 is 1.13 bits per heavy atom. The number of nitrogens with one attached hydrogen (secondary N) is 1. The average Bonchev–Trinajstić information content (AvgIpc) is 2.95. The third-order valence-electron chi connectivity index (χ3n) is 3.65. The van der Waals surface area contributed by atoms with Gasteiger partial charge in [-0.05, 0) is 23.8 Å². The average molecular weight is 342 g/mol. The number of aromatic hydroxyl groups is 1. The largest absolute Gasteiger partial charge is 0.506 e. The van der Waals surface area contributed by atoms with E-state index in [0.29, 0.717) is 11.6 Å². The summed E-state index contributed by atoms with van der Waals surface area (Å²) in [5.74, 6) is 0.889. The lowest BCUT2D eigenvalue weighted by atomic mass is 10.2. The fraction of sp³-hybridized carbons (Fsp3) is 0.0588. The lowest BCUT2D eigenvalue weighted by Crippen LogP contribution is -2.02. The fourth-order valence-electron chi connectivity index (χ4n) is 2.54. The molecule has 0 aliphatic heterocycles. The maximum Gasteiger partial charge on any atom is 0.139 e. The van der Waals surface area contributed by atoms with E-state index in [-0.39, 0.29) is 5.75 Å². The Kier molecular flexibility index (Phi) is 3.52. The van der Waals surface area contributed by atoms with Crippen LogP contribution in [0.25, 0.3) is 20.3 Å². The molecule has 4 nitrogen and oxygen atoms in total. The standard InChI is InChI=1S/C17H12ClN3OS/c18-12-7-10(5-6-13(12)22)8-19-16-15-11-3-1-2-4-14(11)23-17(15)21-9-20-16/h1-7,9,22H,8H2,(H,19,20,21). The summed E-state index contributed by atoms with van der Waals surface area (Å²) in [6, 6.07) is 13.4. The number of phenolic OH excluding ortho intramolecular Hbond substituents is 1. The molecule has 114 valence electrons. The molecule has 0 amide bonds. The van der Waals surface area contributed by atoms with Crippen LogP contribution in [0.5, 0.6) is 5.75 Å². The van der Waals surface area contributed by atoms with Gasteiger partial charge >= 0.3 is 0 Å². The van der Waals surface area contributed by atoms with Crippen molar-refractivity contribution in [2.24, 2.45) is 0 Å². The van der Waals surface area contributed by atoms with Crippen molar-refractivity contribution in [1.29, 1.82) is 0 Å². The van der Waals surface area contributed by atoms with E-state index in [1.165, 1.54) is 4.70 Å². The second-order valence-electron chi connectivity index (χ2n) is 5.14. The molecule has 0 bridgehead atoms. The molecule has 4 rings (SSSR count). The zero-order valence-corrected chi connectivity index (χ0v) is 13.5. The summed E-state index contributed by atoms with van der Waals surface area (Å²) in [6.07, 6.45) is 1.57. The van der Waals surface area contributed by atoms with Crippen molar-refractivity contribution in [3.8, 4) is 5.75 Å². The van der Waals surface area contributed by atoms with Crippen molar-refractivity contribution in [3.05, 3.63) is 59.4 Å². The van der Waals surface area contributed by atoms with Crippen LogP contribution in [0.1, 0.15) is 5.56 Å². The third kappa shape index (κ3) is 2.58.